The molecule has 1 aromatic rings. The third-order valence-electron chi connectivity index (χ3n) is 4.02. The van der Waals surface area contributed by atoms with Gasteiger partial charge < -0.3 is 5.32 Å². The Labute approximate surface area is 104 Å². The summed E-state index contributed by atoms with van der Waals surface area (Å²) in [4.78, 5) is 0. The van der Waals surface area contributed by atoms with Crippen LogP contribution < -0.4 is 5.32 Å². The number of aromatic nitrogens is 3. The largest absolute Gasteiger partial charge is 0.309 e. The zero-order valence-electron chi connectivity index (χ0n) is 11.2. The Balaban J connectivity index is 2.09. The average molecular weight is 236 g/mol. The van der Waals surface area contributed by atoms with Gasteiger partial charge in [0.2, 0.25) is 0 Å². The Morgan fingerprint density at radius 2 is 2.12 bits per heavy atom. The molecule has 4 nitrogen and oxygen atoms in total. The van der Waals surface area contributed by atoms with Crippen molar-refractivity contribution in [3.8, 4) is 0 Å². The summed E-state index contributed by atoms with van der Waals surface area (Å²) in [7, 11) is 1.98. The third-order valence-corrected chi connectivity index (χ3v) is 4.02. The first-order valence-electron chi connectivity index (χ1n) is 6.80. The van der Waals surface area contributed by atoms with Crippen LogP contribution >= 0.6 is 0 Å². The van der Waals surface area contributed by atoms with Crippen LogP contribution in [0, 0.1) is 11.8 Å². The first kappa shape index (κ1) is 12.6. The lowest BCUT2D eigenvalue weighted by Gasteiger charge is -2.33. The maximum Gasteiger partial charge on any atom is 0.0756 e. The Kier molecular flexibility index (Phi) is 4.15. The third kappa shape index (κ3) is 2.86. The molecule has 0 amide bonds. The SMILES string of the molecule is CCNC(c1cnnn1C)C1CCC(C)CC1. The second kappa shape index (κ2) is 5.63. The molecule has 2 rings (SSSR count). The summed E-state index contributed by atoms with van der Waals surface area (Å²) in [6, 6.07) is 0.424. The molecule has 1 aliphatic carbocycles. The minimum Gasteiger partial charge on any atom is -0.309 e. The predicted octanol–water partition coefficient (Wildman–Crippen LogP) is 2.29. The highest BCUT2D eigenvalue weighted by Gasteiger charge is 2.28. The molecule has 1 aliphatic rings. The maximum atomic E-state index is 4.06. The second-order valence-corrected chi connectivity index (χ2v) is 5.34. The monoisotopic (exact) mass is 236 g/mol. The van der Waals surface area contributed by atoms with E-state index in [1.165, 1.54) is 31.4 Å². The van der Waals surface area contributed by atoms with E-state index in [1.807, 2.05) is 17.9 Å². The van der Waals surface area contributed by atoms with E-state index in [0.717, 1.165) is 18.4 Å². The molecule has 96 valence electrons. The van der Waals surface area contributed by atoms with Crippen LogP contribution in [0.15, 0.2) is 6.20 Å². The topological polar surface area (TPSA) is 42.7 Å². The van der Waals surface area contributed by atoms with Crippen molar-refractivity contribution < 1.29 is 0 Å². The van der Waals surface area contributed by atoms with E-state index in [-0.39, 0.29) is 0 Å². The molecule has 1 heterocycles. The fourth-order valence-electron chi connectivity index (χ4n) is 2.93. The van der Waals surface area contributed by atoms with E-state index < -0.39 is 0 Å². The average Bonchev–Trinajstić information content (AvgIpc) is 2.74. The standard InChI is InChI=1S/C13H24N4/c1-4-14-13(12-9-15-16-17(12)3)11-7-5-10(2)6-8-11/h9-11,13-14H,4-8H2,1-3H3. The number of nitrogens with one attached hydrogen (secondary N) is 1. The lowest BCUT2D eigenvalue weighted by molar-refractivity contribution is 0.227. The van der Waals surface area contributed by atoms with Crippen LogP contribution in [0.1, 0.15) is 51.3 Å². The molecule has 1 aromatic heterocycles. The van der Waals surface area contributed by atoms with Crippen molar-refractivity contribution in [1.82, 2.24) is 20.3 Å². The van der Waals surface area contributed by atoms with Gasteiger partial charge in [0, 0.05) is 7.05 Å². The summed E-state index contributed by atoms with van der Waals surface area (Å²) < 4.78 is 1.91. The predicted molar refractivity (Wildman–Crippen MR) is 68.5 cm³/mol. The van der Waals surface area contributed by atoms with Crippen LogP contribution in [-0.2, 0) is 7.05 Å². The molecular weight excluding hydrogens is 212 g/mol. The smallest absolute Gasteiger partial charge is 0.0756 e. The van der Waals surface area contributed by atoms with Crippen molar-refractivity contribution in [3.63, 3.8) is 0 Å². The van der Waals surface area contributed by atoms with Crippen molar-refractivity contribution in [3.05, 3.63) is 11.9 Å². The quantitative estimate of drug-likeness (QED) is 0.872. The number of nitrogens with zero attached hydrogens (tertiary/aromatic N) is 3. The van der Waals surface area contributed by atoms with E-state index in [9.17, 15) is 0 Å². The lowest BCUT2D eigenvalue weighted by Crippen LogP contribution is -2.32. The Hall–Kier alpha value is -0.900. The molecule has 17 heavy (non-hydrogen) atoms. The van der Waals surface area contributed by atoms with Gasteiger partial charge >= 0.3 is 0 Å². The zero-order chi connectivity index (χ0) is 12.3. The van der Waals surface area contributed by atoms with Crippen molar-refractivity contribution in [2.24, 2.45) is 18.9 Å². The first-order chi connectivity index (χ1) is 8.22. The van der Waals surface area contributed by atoms with Crippen LogP contribution in [0.3, 0.4) is 0 Å². The molecule has 0 saturated heterocycles. The molecule has 0 bridgehead atoms. The molecule has 1 saturated carbocycles. The highest BCUT2D eigenvalue weighted by molar-refractivity contribution is 5.04. The van der Waals surface area contributed by atoms with Gasteiger partial charge in [-0.1, -0.05) is 31.9 Å². The number of aryl methyl sites for hydroxylation is 1. The summed E-state index contributed by atoms with van der Waals surface area (Å²) in [5.41, 5.74) is 1.23. The van der Waals surface area contributed by atoms with Crippen molar-refractivity contribution in [2.75, 3.05) is 6.54 Å². The Morgan fingerprint density at radius 3 is 2.65 bits per heavy atom. The molecule has 0 spiro atoms. The highest BCUT2D eigenvalue weighted by Crippen LogP contribution is 2.36. The fourth-order valence-corrected chi connectivity index (χ4v) is 2.93. The molecule has 1 fully saturated rings. The van der Waals surface area contributed by atoms with Gasteiger partial charge in [-0.05, 0) is 31.2 Å². The molecule has 0 aliphatic heterocycles. The number of hydrogen-bond donors (Lipinski definition) is 1. The summed E-state index contributed by atoms with van der Waals surface area (Å²) in [5.74, 6) is 1.64. The van der Waals surface area contributed by atoms with E-state index >= 15 is 0 Å². The maximum absolute atomic E-state index is 4.06. The van der Waals surface area contributed by atoms with Crippen LogP contribution in [0.4, 0.5) is 0 Å². The Morgan fingerprint density at radius 1 is 1.41 bits per heavy atom. The molecule has 1 N–H and O–H groups in total. The molecule has 0 radical (unpaired) electrons. The summed E-state index contributed by atoms with van der Waals surface area (Å²) in [6.07, 6.45) is 7.27. The van der Waals surface area contributed by atoms with Gasteiger partial charge in [-0.2, -0.15) is 0 Å². The minimum absolute atomic E-state index is 0.424. The Bertz CT molecular complexity index is 339. The van der Waals surface area contributed by atoms with E-state index in [4.69, 9.17) is 0 Å². The van der Waals surface area contributed by atoms with Gasteiger partial charge in [-0.15, -0.1) is 5.10 Å². The van der Waals surface area contributed by atoms with E-state index in [0.29, 0.717) is 6.04 Å². The van der Waals surface area contributed by atoms with Gasteiger partial charge in [0.15, 0.2) is 0 Å². The first-order valence-corrected chi connectivity index (χ1v) is 6.80. The van der Waals surface area contributed by atoms with Crippen molar-refractivity contribution in [1.29, 1.82) is 0 Å². The molecule has 1 atom stereocenters. The van der Waals surface area contributed by atoms with Crippen LogP contribution in [0.2, 0.25) is 0 Å². The van der Waals surface area contributed by atoms with E-state index in [1.54, 1.807) is 0 Å². The van der Waals surface area contributed by atoms with Crippen molar-refractivity contribution >= 4 is 0 Å². The van der Waals surface area contributed by atoms with Crippen LogP contribution in [0.25, 0.3) is 0 Å². The number of hydrogen-bond acceptors (Lipinski definition) is 3. The molecule has 0 aromatic carbocycles. The normalized spacial score (nSPS) is 27.0. The van der Waals surface area contributed by atoms with Crippen LogP contribution in [0.5, 0.6) is 0 Å². The highest BCUT2D eigenvalue weighted by atomic mass is 15.4. The van der Waals surface area contributed by atoms with Gasteiger partial charge in [-0.25, -0.2) is 0 Å². The van der Waals surface area contributed by atoms with E-state index in [2.05, 4.69) is 29.5 Å². The number of rotatable bonds is 4. The fraction of sp³-hybridized carbons (Fsp3) is 0.846. The van der Waals surface area contributed by atoms with Gasteiger partial charge in [-0.3, -0.25) is 4.68 Å². The van der Waals surface area contributed by atoms with Crippen LogP contribution in [-0.4, -0.2) is 21.5 Å². The van der Waals surface area contributed by atoms with Gasteiger partial charge in [0.25, 0.3) is 0 Å². The second-order valence-electron chi connectivity index (χ2n) is 5.34. The molecule has 1 unspecified atom stereocenters. The van der Waals surface area contributed by atoms with Gasteiger partial charge in [0.1, 0.15) is 0 Å². The zero-order valence-corrected chi connectivity index (χ0v) is 11.2. The van der Waals surface area contributed by atoms with Gasteiger partial charge in [0.05, 0.1) is 17.9 Å². The minimum atomic E-state index is 0.424. The van der Waals surface area contributed by atoms with Crippen molar-refractivity contribution in [2.45, 2.75) is 45.6 Å². The lowest BCUT2D eigenvalue weighted by atomic mass is 9.78. The summed E-state index contributed by atoms with van der Waals surface area (Å²) in [5, 5.41) is 11.7. The summed E-state index contributed by atoms with van der Waals surface area (Å²) >= 11 is 0. The molecular formula is C13H24N4. The summed E-state index contributed by atoms with van der Waals surface area (Å²) in [6.45, 7) is 5.54. The molecule has 4 heteroatoms.